The summed E-state index contributed by atoms with van der Waals surface area (Å²) in [6.07, 6.45) is 2.86. The molecular formula is C5H8ClNO3S. The van der Waals surface area contributed by atoms with Gasteiger partial charge in [0.05, 0.1) is 6.26 Å². The molecule has 0 amide bonds. The molecule has 1 rings (SSSR count). The van der Waals surface area contributed by atoms with E-state index in [4.69, 9.17) is 11.6 Å². The van der Waals surface area contributed by atoms with Crippen molar-refractivity contribution in [2.45, 2.75) is 12.8 Å². The number of rotatable bonds is 3. The normalized spacial score (nSPS) is 20.0. The molecule has 0 saturated heterocycles. The van der Waals surface area contributed by atoms with Gasteiger partial charge in [0.15, 0.2) is 0 Å². The molecule has 0 bridgehead atoms. The third-order valence-electron chi connectivity index (χ3n) is 1.17. The number of hydrogen-bond acceptors (Lipinski definition) is 4. The van der Waals surface area contributed by atoms with Gasteiger partial charge in [-0.05, 0) is 12.8 Å². The Kier molecular flexibility index (Phi) is 2.39. The largest absolute Gasteiger partial charge is 0.325 e. The third-order valence-corrected chi connectivity index (χ3v) is 1.90. The smallest absolute Gasteiger partial charge is 0.268 e. The SMILES string of the molecule is CS(=O)(=O)O/N=C(\Cl)C1CC1. The Bertz CT molecular complexity index is 267. The van der Waals surface area contributed by atoms with E-state index in [-0.39, 0.29) is 11.1 Å². The van der Waals surface area contributed by atoms with Crippen LogP contribution < -0.4 is 0 Å². The number of halogens is 1. The molecule has 0 aliphatic heterocycles. The summed E-state index contributed by atoms with van der Waals surface area (Å²) in [5.41, 5.74) is 0. The summed E-state index contributed by atoms with van der Waals surface area (Å²) >= 11 is 5.54. The van der Waals surface area contributed by atoms with Gasteiger partial charge in [0.2, 0.25) is 0 Å². The van der Waals surface area contributed by atoms with Crippen molar-refractivity contribution < 1.29 is 12.7 Å². The minimum absolute atomic E-state index is 0.221. The first kappa shape index (κ1) is 8.80. The summed E-state index contributed by atoms with van der Waals surface area (Å²) in [6.45, 7) is 0. The Labute approximate surface area is 70.3 Å². The van der Waals surface area contributed by atoms with Gasteiger partial charge in [-0.15, -0.1) is 0 Å². The number of nitrogens with zero attached hydrogens (tertiary/aromatic N) is 1. The molecule has 1 aliphatic carbocycles. The Hall–Kier alpha value is -0.290. The second kappa shape index (κ2) is 2.98. The third kappa shape index (κ3) is 3.57. The summed E-state index contributed by atoms with van der Waals surface area (Å²) in [5.74, 6) is 0.221. The minimum Gasteiger partial charge on any atom is -0.268 e. The first-order valence-corrected chi connectivity index (χ1v) is 5.30. The topological polar surface area (TPSA) is 55.7 Å². The van der Waals surface area contributed by atoms with Gasteiger partial charge >= 0.3 is 10.1 Å². The molecule has 0 atom stereocenters. The fourth-order valence-electron chi connectivity index (χ4n) is 0.499. The predicted octanol–water partition coefficient (Wildman–Crippen LogP) is 0.925. The standard InChI is InChI=1S/C5H8ClNO3S/c1-11(8,9)10-7-5(6)4-2-3-4/h4H,2-3H2,1H3/b7-5-. The number of hydrogen-bond donors (Lipinski definition) is 0. The molecule has 4 nitrogen and oxygen atoms in total. The highest BCUT2D eigenvalue weighted by atomic mass is 35.5. The molecule has 6 heteroatoms. The van der Waals surface area contributed by atoms with E-state index in [2.05, 4.69) is 9.44 Å². The molecule has 1 saturated carbocycles. The van der Waals surface area contributed by atoms with Crippen molar-refractivity contribution in [1.82, 2.24) is 0 Å². The van der Waals surface area contributed by atoms with E-state index in [1.54, 1.807) is 0 Å². The van der Waals surface area contributed by atoms with E-state index in [1.165, 1.54) is 0 Å². The molecule has 0 heterocycles. The molecule has 0 aromatic heterocycles. The van der Waals surface area contributed by atoms with Crippen LogP contribution in [0.1, 0.15) is 12.8 Å². The zero-order valence-corrected chi connectivity index (χ0v) is 7.52. The maximum atomic E-state index is 10.4. The van der Waals surface area contributed by atoms with Crippen LogP contribution in [-0.4, -0.2) is 19.8 Å². The highest BCUT2D eigenvalue weighted by Gasteiger charge is 2.27. The summed E-state index contributed by atoms with van der Waals surface area (Å²) in [4.78, 5) is 0. The Morgan fingerprint density at radius 1 is 1.64 bits per heavy atom. The zero-order valence-electron chi connectivity index (χ0n) is 5.95. The second-order valence-corrected chi connectivity index (χ2v) is 4.41. The van der Waals surface area contributed by atoms with Gasteiger partial charge in [-0.25, -0.2) is 0 Å². The monoisotopic (exact) mass is 197 g/mol. The molecule has 11 heavy (non-hydrogen) atoms. The van der Waals surface area contributed by atoms with Crippen molar-refractivity contribution in [2.75, 3.05) is 6.26 Å². The van der Waals surface area contributed by atoms with Crippen molar-refractivity contribution in [3.05, 3.63) is 0 Å². The lowest BCUT2D eigenvalue weighted by molar-refractivity contribution is 0.343. The van der Waals surface area contributed by atoms with Gasteiger partial charge in [-0.1, -0.05) is 16.8 Å². The Morgan fingerprint density at radius 2 is 2.18 bits per heavy atom. The summed E-state index contributed by atoms with van der Waals surface area (Å²) in [7, 11) is -3.50. The average Bonchev–Trinajstić information content (AvgIpc) is 2.61. The van der Waals surface area contributed by atoms with Gasteiger partial charge < -0.3 is 0 Å². The Balaban J connectivity index is 2.46. The van der Waals surface area contributed by atoms with Crippen molar-refractivity contribution in [3.8, 4) is 0 Å². The van der Waals surface area contributed by atoms with Crippen LogP contribution in [0.4, 0.5) is 0 Å². The number of oxime groups is 1. The van der Waals surface area contributed by atoms with Crippen LogP contribution in [0, 0.1) is 5.92 Å². The van der Waals surface area contributed by atoms with Crippen molar-refractivity contribution in [3.63, 3.8) is 0 Å². The van der Waals surface area contributed by atoms with E-state index < -0.39 is 10.1 Å². The predicted molar refractivity (Wildman–Crippen MR) is 41.9 cm³/mol. The van der Waals surface area contributed by atoms with Gasteiger partial charge in [0.25, 0.3) is 0 Å². The van der Waals surface area contributed by atoms with Gasteiger partial charge in [-0.3, -0.25) is 4.28 Å². The van der Waals surface area contributed by atoms with Gasteiger partial charge in [-0.2, -0.15) is 8.42 Å². The lowest BCUT2D eigenvalue weighted by Gasteiger charge is -1.93. The van der Waals surface area contributed by atoms with Gasteiger partial charge in [0.1, 0.15) is 5.17 Å². The molecule has 1 aliphatic rings. The maximum absolute atomic E-state index is 10.4. The van der Waals surface area contributed by atoms with E-state index in [0.29, 0.717) is 0 Å². The van der Waals surface area contributed by atoms with E-state index in [0.717, 1.165) is 19.1 Å². The van der Waals surface area contributed by atoms with Crippen molar-refractivity contribution in [1.29, 1.82) is 0 Å². The first-order chi connectivity index (χ1) is 4.99. The highest BCUT2D eigenvalue weighted by Crippen LogP contribution is 2.32. The molecule has 0 N–H and O–H groups in total. The fraction of sp³-hybridized carbons (Fsp3) is 0.800. The quantitative estimate of drug-likeness (QED) is 0.500. The van der Waals surface area contributed by atoms with Crippen LogP contribution in [-0.2, 0) is 14.4 Å². The highest BCUT2D eigenvalue weighted by molar-refractivity contribution is 7.85. The van der Waals surface area contributed by atoms with Crippen LogP contribution in [0.5, 0.6) is 0 Å². The lowest BCUT2D eigenvalue weighted by Crippen LogP contribution is -2.00. The van der Waals surface area contributed by atoms with Crippen molar-refractivity contribution in [2.24, 2.45) is 11.1 Å². The second-order valence-electron chi connectivity index (χ2n) is 2.47. The zero-order chi connectivity index (χ0) is 8.48. The van der Waals surface area contributed by atoms with Crippen LogP contribution in [0.2, 0.25) is 0 Å². The van der Waals surface area contributed by atoms with Crippen LogP contribution >= 0.6 is 11.6 Å². The fourth-order valence-corrected chi connectivity index (χ4v) is 1.01. The maximum Gasteiger partial charge on any atom is 0.325 e. The van der Waals surface area contributed by atoms with E-state index >= 15 is 0 Å². The summed E-state index contributed by atoms with van der Waals surface area (Å²) < 4.78 is 24.9. The molecule has 0 radical (unpaired) electrons. The molecule has 0 spiro atoms. The summed E-state index contributed by atoms with van der Waals surface area (Å²) in [5, 5.41) is 3.50. The molecule has 0 unspecified atom stereocenters. The van der Waals surface area contributed by atoms with Crippen LogP contribution in [0.3, 0.4) is 0 Å². The molecule has 0 aromatic carbocycles. The molecular weight excluding hydrogens is 190 g/mol. The van der Waals surface area contributed by atoms with Crippen LogP contribution in [0.15, 0.2) is 5.16 Å². The van der Waals surface area contributed by atoms with Crippen LogP contribution in [0.25, 0.3) is 0 Å². The average molecular weight is 198 g/mol. The van der Waals surface area contributed by atoms with Crippen molar-refractivity contribution >= 4 is 26.9 Å². The minimum atomic E-state index is -3.50. The summed E-state index contributed by atoms with van der Waals surface area (Å²) in [6, 6.07) is 0. The lowest BCUT2D eigenvalue weighted by atomic mass is 10.5. The van der Waals surface area contributed by atoms with E-state index in [1.807, 2.05) is 0 Å². The molecule has 0 aromatic rings. The molecule has 1 fully saturated rings. The molecule has 64 valence electrons. The first-order valence-electron chi connectivity index (χ1n) is 3.11. The van der Waals surface area contributed by atoms with E-state index in [9.17, 15) is 8.42 Å². The Morgan fingerprint density at radius 3 is 2.55 bits per heavy atom. The van der Waals surface area contributed by atoms with Gasteiger partial charge in [0, 0.05) is 5.92 Å².